The Morgan fingerprint density at radius 3 is 1.30 bits per heavy atom. The highest BCUT2D eigenvalue weighted by molar-refractivity contribution is 7.04. The predicted molar refractivity (Wildman–Crippen MR) is 323 cm³/mol. The number of benzene rings is 10. The first-order chi connectivity index (χ1) is 36.8. The molecule has 1 nitrogen and oxygen atoms in total. The van der Waals surface area contributed by atoms with E-state index in [2.05, 4.69) is 249 Å². The molecule has 1 aromatic heterocycles. The Kier molecular flexibility index (Phi) is 7.96. The van der Waals surface area contributed by atoms with E-state index in [1.165, 1.54) is 160 Å². The smallest absolute Gasteiger partial charge is 0.249 e. The van der Waals surface area contributed by atoms with Gasteiger partial charge < -0.3 is 4.57 Å². The molecule has 6 aliphatic rings. The lowest BCUT2D eigenvalue weighted by atomic mass is 9.27. The van der Waals surface area contributed by atoms with Crippen molar-refractivity contribution in [3.8, 4) is 61.3 Å². The van der Waals surface area contributed by atoms with E-state index < -0.39 is 5.41 Å². The second-order valence-corrected chi connectivity index (χ2v) is 24.9. The van der Waals surface area contributed by atoms with Gasteiger partial charge in [0, 0.05) is 38.3 Å². The number of aromatic nitrogens is 1. The molecule has 11 aromatic rings. The first kappa shape index (κ1) is 43.4. The number of hydrogen-bond donors (Lipinski definition) is 0. The number of nitrogens with zero attached hydrogens (tertiary/aromatic N) is 1. The zero-order valence-electron chi connectivity index (χ0n) is 44.9. The predicted octanol–water partition coefficient (Wildman–Crippen LogP) is 13.6. The van der Waals surface area contributed by atoms with Crippen molar-refractivity contribution in [2.75, 3.05) is 0 Å². The quantitative estimate of drug-likeness (QED) is 0.152. The molecule has 2 atom stereocenters. The number of hydrogen-bond acceptors (Lipinski definition) is 0. The Balaban J connectivity index is 1.19. The SMILES string of the molecule is Cc1c(C)c2c3c(c1C)B1c4c(-c5ccccc5)cccc4-c4ccccc4C4(C)c5c(cc6c7cc8c9c(c7n-3c6c51)B2c1c(-c2ccccc2)cccc1-c1ccccc1C9(C)c1ccccc1-8)C(C)(C)C4(C)C. The molecule has 0 saturated heterocycles. The average molecular weight is 970 g/mol. The van der Waals surface area contributed by atoms with Crippen LogP contribution in [-0.4, -0.2) is 18.0 Å². The second-order valence-electron chi connectivity index (χ2n) is 24.9. The highest BCUT2D eigenvalue weighted by atomic mass is 15.0. The molecule has 2 aliphatic carbocycles. The minimum absolute atomic E-state index is 0.0661. The largest absolute Gasteiger partial charge is 0.311 e. The average Bonchev–Trinajstić information content (AvgIpc) is 4.15. The van der Waals surface area contributed by atoms with Gasteiger partial charge in [-0.3, -0.25) is 0 Å². The summed E-state index contributed by atoms with van der Waals surface area (Å²) in [6, 6.07) is 71.0. The summed E-state index contributed by atoms with van der Waals surface area (Å²) in [4.78, 5) is 0. The molecule has 0 fully saturated rings. The van der Waals surface area contributed by atoms with E-state index in [1.807, 2.05) is 0 Å². The Hall–Kier alpha value is -7.87. The second kappa shape index (κ2) is 13.9. The fourth-order valence-corrected chi connectivity index (χ4v) is 17.5. The number of rotatable bonds is 2. The summed E-state index contributed by atoms with van der Waals surface area (Å²) in [5.41, 5.74) is 38.1. The molecule has 4 aliphatic heterocycles. The molecule has 17 rings (SSSR count). The van der Waals surface area contributed by atoms with E-state index in [0.717, 1.165) is 0 Å². The van der Waals surface area contributed by atoms with Crippen LogP contribution in [0.1, 0.15) is 91.6 Å². The van der Waals surface area contributed by atoms with Crippen LogP contribution in [-0.2, 0) is 16.2 Å². The molecule has 0 bridgehead atoms. The van der Waals surface area contributed by atoms with Crippen molar-refractivity contribution in [1.82, 2.24) is 4.57 Å². The molecule has 0 radical (unpaired) electrons. The summed E-state index contributed by atoms with van der Waals surface area (Å²) in [5, 5.41) is 2.78. The lowest BCUT2D eigenvalue weighted by Crippen LogP contribution is -2.67. The van der Waals surface area contributed by atoms with Crippen LogP contribution in [0.3, 0.4) is 0 Å². The van der Waals surface area contributed by atoms with Gasteiger partial charge >= 0.3 is 0 Å². The van der Waals surface area contributed by atoms with E-state index >= 15 is 0 Å². The van der Waals surface area contributed by atoms with Crippen LogP contribution in [0, 0.1) is 26.2 Å². The Morgan fingerprint density at radius 2 is 0.763 bits per heavy atom. The summed E-state index contributed by atoms with van der Waals surface area (Å²) in [5.74, 6) is 0. The Labute approximate surface area is 447 Å². The molecule has 2 unspecified atom stereocenters. The topological polar surface area (TPSA) is 4.93 Å². The first-order valence-electron chi connectivity index (χ1n) is 27.8. The molecule has 10 aromatic carbocycles. The van der Waals surface area contributed by atoms with Gasteiger partial charge in [-0.25, -0.2) is 0 Å². The third-order valence-corrected chi connectivity index (χ3v) is 21.9. The van der Waals surface area contributed by atoms with Crippen LogP contribution in [0.15, 0.2) is 182 Å². The maximum atomic E-state index is 2.91. The highest BCUT2D eigenvalue weighted by Crippen LogP contribution is 2.66. The van der Waals surface area contributed by atoms with E-state index in [4.69, 9.17) is 0 Å². The molecule has 0 N–H and O–H groups in total. The van der Waals surface area contributed by atoms with Crippen LogP contribution in [0.4, 0.5) is 0 Å². The maximum Gasteiger partial charge on any atom is 0.249 e. The normalized spacial score (nSPS) is 19.4. The molecule has 76 heavy (non-hydrogen) atoms. The molecule has 0 amide bonds. The van der Waals surface area contributed by atoms with Crippen LogP contribution in [0.5, 0.6) is 0 Å². The van der Waals surface area contributed by atoms with Gasteiger partial charge in [0.15, 0.2) is 0 Å². The summed E-state index contributed by atoms with van der Waals surface area (Å²) in [7, 11) is 0. The van der Waals surface area contributed by atoms with Crippen molar-refractivity contribution < 1.29 is 0 Å². The van der Waals surface area contributed by atoms with Crippen LogP contribution >= 0.6 is 0 Å². The van der Waals surface area contributed by atoms with Gasteiger partial charge in [-0.1, -0.05) is 227 Å². The van der Waals surface area contributed by atoms with Gasteiger partial charge in [-0.05, 0) is 167 Å². The molecule has 0 spiro atoms. The molecule has 5 heterocycles. The fraction of sp³-hybridized carbons (Fsp3) is 0.178. The van der Waals surface area contributed by atoms with Crippen LogP contribution < -0.4 is 32.8 Å². The summed E-state index contributed by atoms with van der Waals surface area (Å²) in [6.07, 6.45) is 0. The zero-order valence-corrected chi connectivity index (χ0v) is 44.9. The lowest BCUT2D eigenvalue weighted by molar-refractivity contribution is 0.140. The van der Waals surface area contributed by atoms with Crippen molar-refractivity contribution in [2.45, 2.75) is 78.6 Å². The summed E-state index contributed by atoms with van der Waals surface area (Å²) < 4.78 is 2.91. The van der Waals surface area contributed by atoms with E-state index in [9.17, 15) is 0 Å². The van der Waals surface area contributed by atoms with Crippen molar-refractivity contribution in [3.63, 3.8) is 0 Å². The van der Waals surface area contributed by atoms with Crippen LogP contribution in [0.25, 0.3) is 83.1 Å². The lowest BCUT2D eigenvalue weighted by Gasteiger charge is -2.49. The van der Waals surface area contributed by atoms with Crippen molar-refractivity contribution in [1.29, 1.82) is 0 Å². The molecular formula is C73H57B2N. The molecule has 3 heteroatoms. The van der Waals surface area contributed by atoms with Gasteiger partial charge in [0.2, 0.25) is 13.4 Å². The van der Waals surface area contributed by atoms with Gasteiger partial charge in [0.1, 0.15) is 0 Å². The van der Waals surface area contributed by atoms with Gasteiger partial charge in [0.25, 0.3) is 0 Å². The highest BCUT2D eigenvalue weighted by Gasteiger charge is 2.64. The molecule has 360 valence electrons. The van der Waals surface area contributed by atoms with E-state index in [-0.39, 0.29) is 29.7 Å². The zero-order chi connectivity index (χ0) is 51.3. The van der Waals surface area contributed by atoms with Crippen molar-refractivity contribution in [2.24, 2.45) is 5.41 Å². The minimum Gasteiger partial charge on any atom is -0.311 e. The fourth-order valence-electron chi connectivity index (χ4n) is 17.5. The third kappa shape index (κ3) is 4.59. The standard InChI is InChI=1S/C73H57B2N/c1-40-41(2)61-69-62(42(40)3)75-64-46(44-26-14-11-15-27-44)32-23-34-51(64)48-29-18-21-37-57(48)73(9)60-58(70(4,5)71(73,6)7)39-54-53-38-52-49-30-17-20-36-56(49)72(8)55-35-19-16-28-47(55)50-33-22-31-45(43-24-12-10-13-25-43)63(50)74(61)65(59(52)72)67(53)76(69)68(54)66(60)75/h10-39H,1-9H3. The Bertz CT molecular complexity index is 4530. The maximum absolute atomic E-state index is 2.91. The number of fused-ring (bicyclic) bond motifs is 16. The monoisotopic (exact) mass is 969 g/mol. The van der Waals surface area contributed by atoms with E-state index in [0.29, 0.717) is 0 Å². The first-order valence-corrected chi connectivity index (χ1v) is 27.8. The molecular weight excluding hydrogens is 912 g/mol. The van der Waals surface area contributed by atoms with Gasteiger partial charge in [-0.15, -0.1) is 0 Å². The third-order valence-electron chi connectivity index (χ3n) is 21.9. The van der Waals surface area contributed by atoms with Gasteiger partial charge in [0.05, 0.1) is 0 Å². The van der Waals surface area contributed by atoms with E-state index in [1.54, 1.807) is 5.56 Å². The summed E-state index contributed by atoms with van der Waals surface area (Å²) in [6.45, 7) is 22.8. The van der Waals surface area contributed by atoms with Crippen molar-refractivity contribution >= 4 is 68.0 Å². The van der Waals surface area contributed by atoms with Gasteiger partial charge in [-0.2, -0.15) is 0 Å². The molecule has 0 saturated carbocycles. The Morgan fingerprint density at radius 1 is 0.342 bits per heavy atom. The van der Waals surface area contributed by atoms with Crippen molar-refractivity contribution in [3.05, 3.63) is 232 Å². The summed E-state index contributed by atoms with van der Waals surface area (Å²) >= 11 is 0. The van der Waals surface area contributed by atoms with Crippen LogP contribution in [0.2, 0.25) is 0 Å². The minimum atomic E-state index is -0.435.